The Morgan fingerprint density at radius 2 is 1.62 bits per heavy atom. The van der Waals surface area contributed by atoms with Crippen molar-refractivity contribution in [2.75, 3.05) is 10.0 Å². The van der Waals surface area contributed by atoms with Crippen LogP contribution in [0.2, 0.25) is 0 Å². The maximum absolute atomic E-state index is 13.1. The normalized spacial score (nSPS) is 15.9. The Morgan fingerprint density at radius 3 is 2.38 bits per heavy atom. The first-order valence-electron chi connectivity index (χ1n) is 11.3. The van der Waals surface area contributed by atoms with Crippen molar-refractivity contribution in [1.29, 1.82) is 0 Å². The summed E-state index contributed by atoms with van der Waals surface area (Å²) in [5.74, 6) is 0.301. The molecule has 34 heavy (non-hydrogen) atoms. The first-order valence-corrected chi connectivity index (χ1v) is 12.8. The zero-order chi connectivity index (χ0) is 23.9. The number of fused-ring (bicyclic) bond motifs is 1. The Bertz CT molecular complexity index is 1380. The average Bonchev–Trinajstić information content (AvgIpc) is 3.40. The summed E-state index contributed by atoms with van der Waals surface area (Å²) < 4.78 is 40.6. The van der Waals surface area contributed by atoms with Crippen LogP contribution in [0.25, 0.3) is 0 Å². The molecule has 8 heteroatoms. The lowest BCUT2D eigenvalue weighted by Gasteiger charge is -2.21. The summed E-state index contributed by atoms with van der Waals surface area (Å²) in [5.41, 5.74) is 2.79. The Labute approximate surface area is 199 Å². The molecule has 0 unspecified atom stereocenters. The Kier molecular flexibility index (Phi) is 5.48. The lowest BCUT2D eigenvalue weighted by Crippen LogP contribution is -2.34. The molecule has 1 fully saturated rings. The number of hydrogen-bond donors (Lipinski definition) is 2. The number of carbonyl (C=O) groups excluding carboxylic acids is 1. The zero-order valence-electron chi connectivity index (χ0n) is 19.1. The highest BCUT2D eigenvalue weighted by Gasteiger charge is 2.44. The molecular weight excluding hydrogens is 452 g/mol. The van der Waals surface area contributed by atoms with Gasteiger partial charge in [0.1, 0.15) is 0 Å². The van der Waals surface area contributed by atoms with Crippen LogP contribution in [0, 0.1) is 13.8 Å². The SMILES string of the molecule is Cc1ccccc1NS(=O)(=O)c1ccc(C)c(C(=O)Nc2ccc3c(c2)OC2(CCCC2)O3)c1. The predicted octanol–water partition coefficient (Wildman–Crippen LogP) is 5.40. The number of aryl methyl sites for hydroxylation is 2. The number of ether oxygens (including phenoxy) is 2. The minimum atomic E-state index is -3.87. The van der Waals surface area contributed by atoms with Gasteiger partial charge in [-0.15, -0.1) is 0 Å². The van der Waals surface area contributed by atoms with Crippen molar-refractivity contribution in [2.24, 2.45) is 0 Å². The third-order valence-corrected chi connectivity index (χ3v) is 7.68. The molecule has 0 saturated heterocycles. The van der Waals surface area contributed by atoms with Gasteiger partial charge in [0.2, 0.25) is 0 Å². The van der Waals surface area contributed by atoms with Gasteiger partial charge < -0.3 is 14.8 Å². The topological polar surface area (TPSA) is 93.7 Å². The number of para-hydroxylation sites is 1. The van der Waals surface area contributed by atoms with Crippen molar-refractivity contribution in [3.8, 4) is 11.5 Å². The number of rotatable bonds is 5. The number of anilines is 2. The molecule has 1 aliphatic carbocycles. The largest absolute Gasteiger partial charge is 0.448 e. The molecule has 1 amide bonds. The second-order valence-corrected chi connectivity index (χ2v) is 10.5. The second kappa shape index (κ2) is 8.36. The molecule has 1 spiro atoms. The number of nitrogens with one attached hydrogen (secondary N) is 2. The zero-order valence-corrected chi connectivity index (χ0v) is 19.9. The number of sulfonamides is 1. The average molecular weight is 479 g/mol. The van der Waals surface area contributed by atoms with E-state index in [1.807, 2.05) is 19.1 Å². The molecule has 176 valence electrons. The molecule has 7 nitrogen and oxygen atoms in total. The third-order valence-electron chi connectivity index (χ3n) is 6.31. The van der Waals surface area contributed by atoms with E-state index in [4.69, 9.17) is 9.47 Å². The Morgan fingerprint density at radius 1 is 0.882 bits per heavy atom. The van der Waals surface area contributed by atoms with E-state index in [0.29, 0.717) is 28.4 Å². The Balaban J connectivity index is 1.36. The van der Waals surface area contributed by atoms with Gasteiger partial charge in [-0.3, -0.25) is 9.52 Å². The molecular formula is C26H26N2O5S. The fraction of sp³-hybridized carbons (Fsp3) is 0.269. The van der Waals surface area contributed by atoms with Crippen LogP contribution in [-0.2, 0) is 10.0 Å². The van der Waals surface area contributed by atoms with Gasteiger partial charge in [0.05, 0.1) is 10.6 Å². The van der Waals surface area contributed by atoms with Gasteiger partial charge >= 0.3 is 0 Å². The summed E-state index contributed by atoms with van der Waals surface area (Å²) in [7, 11) is -3.87. The summed E-state index contributed by atoms with van der Waals surface area (Å²) >= 11 is 0. The quantitative estimate of drug-likeness (QED) is 0.512. The van der Waals surface area contributed by atoms with Gasteiger partial charge in [-0.25, -0.2) is 8.42 Å². The van der Waals surface area contributed by atoms with E-state index < -0.39 is 21.7 Å². The van der Waals surface area contributed by atoms with Crippen LogP contribution in [0.5, 0.6) is 11.5 Å². The summed E-state index contributed by atoms with van der Waals surface area (Å²) in [6.45, 7) is 3.59. The number of amides is 1. The molecule has 1 heterocycles. The van der Waals surface area contributed by atoms with E-state index in [2.05, 4.69) is 10.0 Å². The molecule has 3 aromatic carbocycles. The van der Waals surface area contributed by atoms with Crippen molar-refractivity contribution < 1.29 is 22.7 Å². The van der Waals surface area contributed by atoms with Crippen molar-refractivity contribution in [3.63, 3.8) is 0 Å². The Hall–Kier alpha value is -3.52. The highest BCUT2D eigenvalue weighted by Crippen LogP contribution is 2.47. The first-order chi connectivity index (χ1) is 16.2. The van der Waals surface area contributed by atoms with Crippen LogP contribution in [0.3, 0.4) is 0 Å². The van der Waals surface area contributed by atoms with Crippen LogP contribution in [0.15, 0.2) is 65.6 Å². The van der Waals surface area contributed by atoms with Gasteiger partial charge in [0.25, 0.3) is 21.7 Å². The van der Waals surface area contributed by atoms with Crippen molar-refractivity contribution in [2.45, 2.75) is 50.2 Å². The second-order valence-electron chi connectivity index (χ2n) is 8.83. The molecule has 0 aromatic heterocycles. The number of carbonyl (C=O) groups is 1. The van der Waals surface area contributed by atoms with Gasteiger partial charge in [-0.2, -0.15) is 0 Å². The van der Waals surface area contributed by atoms with E-state index in [-0.39, 0.29) is 10.5 Å². The van der Waals surface area contributed by atoms with Gasteiger partial charge in [-0.1, -0.05) is 24.3 Å². The molecule has 0 bridgehead atoms. The van der Waals surface area contributed by atoms with E-state index in [1.165, 1.54) is 12.1 Å². The highest BCUT2D eigenvalue weighted by atomic mass is 32.2. The number of benzene rings is 3. The third kappa shape index (κ3) is 4.21. The van der Waals surface area contributed by atoms with Crippen LogP contribution in [-0.4, -0.2) is 20.1 Å². The van der Waals surface area contributed by atoms with Crippen LogP contribution >= 0.6 is 0 Å². The molecule has 0 radical (unpaired) electrons. The van der Waals surface area contributed by atoms with Crippen molar-refractivity contribution in [3.05, 3.63) is 77.4 Å². The smallest absolute Gasteiger partial charge is 0.261 e. The lowest BCUT2D eigenvalue weighted by molar-refractivity contribution is -0.0716. The van der Waals surface area contributed by atoms with E-state index in [9.17, 15) is 13.2 Å². The van der Waals surface area contributed by atoms with E-state index in [1.54, 1.807) is 43.3 Å². The van der Waals surface area contributed by atoms with Crippen molar-refractivity contribution in [1.82, 2.24) is 0 Å². The fourth-order valence-electron chi connectivity index (χ4n) is 4.39. The minimum absolute atomic E-state index is 0.0142. The van der Waals surface area contributed by atoms with Gasteiger partial charge in [0.15, 0.2) is 11.5 Å². The summed E-state index contributed by atoms with van der Waals surface area (Å²) in [4.78, 5) is 13.1. The van der Waals surface area contributed by atoms with Crippen LogP contribution < -0.4 is 19.5 Å². The minimum Gasteiger partial charge on any atom is -0.448 e. The van der Waals surface area contributed by atoms with Gasteiger partial charge in [-0.05, 0) is 68.1 Å². The maximum atomic E-state index is 13.1. The molecule has 1 saturated carbocycles. The maximum Gasteiger partial charge on any atom is 0.261 e. The predicted molar refractivity (Wildman–Crippen MR) is 130 cm³/mol. The van der Waals surface area contributed by atoms with E-state index >= 15 is 0 Å². The lowest BCUT2D eigenvalue weighted by atomic mass is 10.1. The van der Waals surface area contributed by atoms with Crippen LogP contribution in [0.4, 0.5) is 11.4 Å². The van der Waals surface area contributed by atoms with E-state index in [0.717, 1.165) is 31.2 Å². The molecule has 2 N–H and O–H groups in total. The molecule has 0 atom stereocenters. The fourth-order valence-corrected chi connectivity index (χ4v) is 5.55. The van der Waals surface area contributed by atoms with Crippen LogP contribution in [0.1, 0.15) is 47.2 Å². The molecule has 3 aromatic rings. The van der Waals surface area contributed by atoms with Crippen molar-refractivity contribution >= 4 is 27.3 Å². The molecule has 1 aliphatic heterocycles. The monoisotopic (exact) mass is 478 g/mol. The molecule has 2 aliphatic rings. The van der Waals surface area contributed by atoms with Gasteiger partial charge in [0, 0.05) is 30.2 Å². The molecule has 5 rings (SSSR count). The highest BCUT2D eigenvalue weighted by molar-refractivity contribution is 7.92. The summed E-state index contributed by atoms with van der Waals surface area (Å²) in [6.07, 6.45) is 3.82. The first kappa shape index (κ1) is 22.3. The number of hydrogen-bond acceptors (Lipinski definition) is 5. The summed E-state index contributed by atoms with van der Waals surface area (Å²) in [5, 5.41) is 2.86. The summed E-state index contributed by atoms with van der Waals surface area (Å²) in [6, 6.07) is 16.9. The standard InChI is InChI=1S/C26H26N2O5S/c1-17-9-11-20(34(30,31)28-22-8-4-3-7-18(22)2)16-21(17)25(29)27-19-10-12-23-24(15-19)33-26(32-23)13-5-6-14-26/h3-4,7-12,15-16,28H,5-6,13-14H2,1-2H3,(H,27,29).